The van der Waals surface area contributed by atoms with E-state index in [0.29, 0.717) is 29.2 Å². The highest BCUT2D eigenvalue weighted by Crippen LogP contribution is 2.19. The van der Waals surface area contributed by atoms with Crippen LogP contribution in [0, 0.1) is 6.92 Å². The number of aryl methyl sites for hydroxylation is 1. The van der Waals surface area contributed by atoms with Gasteiger partial charge in [0.05, 0.1) is 11.8 Å². The largest absolute Gasteiger partial charge is 0.469 e. The van der Waals surface area contributed by atoms with E-state index in [1.165, 1.54) is 6.26 Å². The minimum absolute atomic E-state index is 0.268. The highest BCUT2D eigenvalue weighted by molar-refractivity contribution is 6.05. The second kappa shape index (κ2) is 6.06. The molecule has 2 rings (SSSR count). The van der Waals surface area contributed by atoms with Crippen LogP contribution < -0.4 is 10.1 Å². The standard InChI is InChI=1S/C15H15NO4/c1-3-14(17)20-12-6-4-5-11(9-12)16-15(18)13-7-8-19-10(13)2/h4-9H,3H2,1-2H3,(H,16,18). The van der Waals surface area contributed by atoms with E-state index in [1.54, 1.807) is 44.2 Å². The van der Waals surface area contributed by atoms with Gasteiger partial charge in [-0.1, -0.05) is 13.0 Å². The molecular formula is C15H15NO4. The number of furan rings is 1. The van der Waals surface area contributed by atoms with Gasteiger partial charge in [0, 0.05) is 18.2 Å². The summed E-state index contributed by atoms with van der Waals surface area (Å²) >= 11 is 0. The minimum Gasteiger partial charge on any atom is -0.469 e. The Morgan fingerprint density at radius 3 is 2.75 bits per heavy atom. The van der Waals surface area contributed by atoms with Crippen LogP contribution in [-0.4, -0.2) is 11.9 Å². The fourth-order valence-electron chi connectivity index (χ4n) is 1.66. The summed E-state index contributed by atoms with van der Waals surface area (Å²) in [6, 6.07) is 8.28. The molecule has 0 bridgehead atoms. The van der Waals surface area contributed by atoms with Crippen molar-refractivity contribution in [1.82, 2.24) is 0 Å². The van der Waals surface area contributed by atoms with E-state index in [0.717, 1.165) is 0 Å². The highest BCUT2D eigenvalue weighted by atomic mass is 16.5. The van der Waals surface area contributed by atoms with E-state index >= 15 is 0 Å². The molecule has 0 radical (unpaired) electrons. The van der Waals surface area contributed by atoms with Crippen molar-refractivity contribution in [3.05, 3.63) is 47.9 Å². The number of esters is 1. The molecule has 1 aromatic heterocycles. The zero-order valence-corrected chi connectivity index (χ0v) is 11.3. The molecule has 0 unspecified atom stereocenters. The first kappa shape index (κ1) is 13.9. The molecule has 1 amide bonds. The molecule has 1 heterocycles. The number of hydrogen-bond donors (Lipinski definition) is 1. The zero-order chi connectivity index (χ0) is 14.5. The van der Waals surface area contributed by atoms with E-state index < -0.39 is 0 Å². The van der Waals surface area contributed by atoms with Gasteiger partial charge < -0.3 is 14.5 Å². The van der Waals surface area contributed by atoms with Crippen molar-refractivity contribution in [2.24, 2.45) is 0 Å². The van der Waals surface area contributed by atoms with Crippen LogP contribution in [0.4, 0.5) is 5.69 Å². The Balaban J connectivity index is 2.10. The molecule has 0 spiro atoms. The summed E-state index contributed by atoms with van der Waals surface area (Å²) in [6.45, 7) is 3.43. The number of hydrogen-bond acceptors (Lipinski definition) is 4. The molecule has 0 saturated heterocycles. The van der Waals surface area contributed by atoms with Gasteiger partial charge in [-0.05, 0) is 25.1 Å². The molecule has 5 heteroatoms. The Hall–Kier alpha value is -2.56. The van der Waals surface area contributed by atoms with Gasteiger partial charge in [-0.2, -0.15) is 0 Å². The number of anilines is 1. The number of nitrogens with one attached hydrogen (secondary N) is 1. The van der Waals surface area contributed by atoms with Gasteiger partial charge in [-0.3, -0.25) is 9.59 Å². The number of ether oxygens (including phenoxy) is 1. The van der Waals surface area contributed by atoms with Crippen LogP contribution in [0.5, 0.6) is 5.75 Å². The maximum Gasteiger partial charge on any atom is 0.310 e. The molecule has 104 valence electrons. The molecule has 20 heavy (non-hydrogen) atoms. The van der Waals surface area contributed by atoms with Crippen LogP contribution in [0.2, 0.25) is 0 Å². The van der Waals surface area contributed by atoms with Gasteiger partial charge in [0.2, 0.25) is 0 Å². The number of amides is 1. The number of carbonyl (C=O) groups excluding carboxylic acids is 2. The fourth-order valence-corrected chi connectivity index (χ4v) is 1.66. The zero-order valence-electron chi connectivity index (χ0n) is 11.3. The Morgan fingerprint density at radius 1 is 1.30 bits per heavy atom. The molecule has 0 saturated carbocycles. The summed E-state index contributed by atoms with van der Waals surface area (Å²) in [5.41, 5.74) is 1.03. The predicted octanol–water partition coefficient (Wildman–Crippen LogP) is 3.16. The lowest BCUT2D eigenvalue weighted by molar-refractivity contribution is -0.134. The van der Waals surface area contributed by atoms with Crippen molar-refractivity contribution in [1.29, 1.82) is 0 Å². The van der Waals surface area contributed by atoms with Crippen LogP contribution >= 0.6 is 0 Å². The highest BCUT2D eigenvalue weighted by Gasteiger charge is 2.12. The van der Waals surface area contributed by atoms with Crippen molar-refractivity contribution >= 4 is 17.6 Å². The van der Waals surface area contributed by atoms with Crippen molar-refractivity contribution in [2.75, 3.05) is 5.32 Å². The number of benzene rings is 1. The smallest absolute Gasteiger partial charge is 0.310 e. The third-order valence-electron chi connectivity index (χ3n) is 2.72. The first-order valence-electron chi connectivity index (χ1n) is 6.26. The van der Waals surface area contributed by atoms with Crippen LogP contribution in [0.25, 0.3) is 0 Å². The van der Waals surface area contributed by atoms with E-state index in [9.17, 15) is 9.59 Å². The maximum atomic E-state index is 12.0. The third-order valence-corrected chi connectivity index (χ3v) is 2.72. The summed E-state index contributed by atoms with van der Waals surface area (Å²) < 4.78 is 10.2. The maximum absolute atomic E-state index is 12.0. The Bertz CT molecular complexity index is 630. The first-order chi connectivity index (χ1) is 9.60. The van der Waals surface area contributed by atoms with E-state index in [1.807, 2.05) is 0 Å². The first-order valence-corrected chi connectivity index (χ1v) is 6.26. The summed E-state index contributed by atoms with van der Waals surface area (Å²) in [6.07, 6.45) is 1.76. The van der Waals surface area contributed by atoms with Crippen molar-refractivity contribution in [3.63, 3.8) is 0 Å². The Kier molecular flexibility index (Phi) is 4.20. The molecule has 0 fully saturated rings. The second-order valence-corrected chi connectivity index (χ2v) is 4.20. The van der Waals surface area contributed by atoms with Crippen molar-refractivity contribution < 1.29 is 18.7 Å². The van der Waals surface area contributed by atoms with Gasteiger partial charge in [0.1, 0.15) is 11.5 Å². The SMILES string of the molecule is CCC(=O)Oc1cccc(NC(=O)c2ccoc2C)c1. The average molecular weight is 273 g/mol. The molecular weight excluding hydrogens is 258 g/mol. The van der Waals surface area contributed by atoms with Gasteiger partial charge >= 0.3 is 5.97 Å². The van der Waals surface area contributed by atoms with Gasteiger partial charge in [0.15, 0.2) is 0 Å². The van der Waals surface area contributed by atoms with Crippen LogP contribution in [0.1, 0.15) is 29.5 Å². The lowest BCUT2D eigenvalue weighted by Crippen LogP contribution is -2.12. The van der Waals surface area contributed by atoms with Crippen molar-refractivity contribution in [2.45, 2.75) is 20.3 Å². The lowest BCUT2D eigenvalue weighted by atomic mass is 10.2. The number of carbonyl (C=O) groups is 2. The van der Waals surface area contributed by atoms with Crippen molar-refractivity contribution in [3.8, 4) is 5.75 Å². The summed E-state index contributed by atoms with van der Waals surface area (Å²) in [5.74, 6) is 0.365. The average Bonchev–Trinajstić information content (AvgIpc) is 2.85. The Labute approximate surface area is 116 Å². The molecule has 1 aromatic carbocycles. The summed E-state index contributed by atoms with van der Waals surface area (Å²) in [4.78, 5) is 23.2. The number of rotatable bonds is 4. The molecule has 0 aliphatic carbocycles. The molecule has 1 N–H and O–H groups in total. The van der Waals surface area contributed by atoms with E-state index in [2.05, 4.69) is 5.32 Å². The Morgan fingerprint density at radius 2 is 2.10 bits per heavy atom. The van der Waals surface area contributed by atoms with Crippen LogP contribution in [0.15, 0.2) is 41.0 Å². The topological polar surface area (TPSA) is 68.5 Å². The second-order valence-electron chi connectivity index (χ2n) is 4.20. The van der Waals surface area contributed by atoms with Crippen LogP contribution in [-0.2, 0) is 4.79 Å². The summed E-state index contributed by atoms with van der Waals surface area (Å²) in [5, 5.41) is 2.73. The third kappa shape index (κ3) is 3.26. The summed E-state index contributed by atoms with van der Waals surface area (Å²) in [7, 11) is 0. The van der Waals surface area contributed by atoms with Gasteiger partial charge in [0.25, 0.3) is 5.91 Å². The predicted molar refractivity (Wildman–Crippen MR) is 73.8 cm³/mol. The van der Waals surface area contributed by atoms with Gasteiger partial charge in [-0.25, -0.2) is 0 Å². The molecule has 0 atom stereocenters. The van der Waals surface area contributed by atoms with Crippen LogP contribution in [0.3, 0.4) is 0 Å². The van der Waals surface area contributed by atoms with E-state index in [-0.39, 0.29) is 11.9 Å². The fraction of sp³-hybridized carbons (Fsp3) is 0.200. The quantitative estimate of drug-likeness (QED) is 0.686. The molecule has 5 nitrogen and oxygen atoms in total. The van der Waals surface area contributed by atoms with Gasteiger partial charge in [-0.15, -0.1) is 0 Å². The monoisotopic (exact) mass is 273 g/mol. The normalized spacial score (nSPS) is 10.1. The molecule has 0 aliphatic heterocycles. The molecule has 0 aliphatic rings. The minimum atomic E-state index is -0.320. The molecule has 2 aromatic rings. The van der Waals surface area contributed by atoms with E-state index in [4.69, 9.17) is 9.15 Å². The lowest BCUT2D eigenvalue weighted by Gasteiger charge is -2.07.